The van der Waals surface area contributed by atoms with Crippen LogP contribution in [0.2, 0.25) is 0 Å². The lowest BCUT2D eigenvalue weighted by Crippen LogP contribution is -2.26. The fraction of sp³-hybridized carbons (Fsp3) is 0.364. The molecule has 1 atom stereocenters. The van der Waals surface area contributed by atoms with Crippen molar-refractivity contribution in [2.24, 2.45) is 5.73 Å². The summed E-state index contributed by atoms with van der Waals surface area (Å²) >= 11 is 0. The minimum Gasteiger partial charge on any atom is -0.465 e. The first kappa shape index (κ1) is 9.98. The summed E-state index contributed by atoms with van der Waals surface area (Å²) in [5, 5.41) is 8.94. The molecule has 0 radical (unpaired) electrons. The molecule has 0 saturated carbocycles. The highest BCUT2D eigenvalue weighted by Crippen LogP contribution is 2.29. The molecular formula is C11H14N2O2. The Hall–Kier alpha value is -1.55. The van der Waals surface area contributed by atoms with Gasteiger partial charge in [0.1, 0.15) is 0 Å². The molecule has 0 unspecified atom stereocenters. The smallest absolute Gasteiger partial charge is 0.411 e. The average Bonchev–Trinajstić information content (AvgIpc) is 2.59. The summed E-state index contributed by atoms with van der Waals surface area (Å²) in [6, 6.07) is 5.73. The summed E-state index contributed by atoms with van der Waals surface area (Å²) in [4.78, 5) is 12.3. The van der Waals surface area contributed by atoms with Crippen LogP contribution in [0.25, 0.3) is 0 Å². The van der Waals surface area contributed by atoms with Gasteiger partial charge >= 0.3 is 6.09 Å². The molecule has 4 heteroatoms. The fourth-order valence-electron chi connectivity index (χ4n) is 1.90. The number of amides is 1. The van der Waals surface area contributed by atoms with Gasteiger partial charge in [-0.1, -0.05) is 12.1 Å². The third-order valence-electron chi connectivity index (χ3n) is 2.76. The first-order valence-electron chi connectivity index (χ1n) is 4.98. The predicted molar refractivity (Wildman–Crippen MR) is 58.1 cm³/mol. The van der Waals surface area contributed by atoms with E-state index < -0.39 is 6.09 Å². The van der Waals surface area contributed by atoms with E-state index in [0.717, 1.165) is 23.2 Å². The van der Waals surface area contributed by atoms with Gasteiger partial charge in [0.05, 0.1) is 5.69 Å². The van der Waals surface area contributed by atoms with Crippen molar-refractivity contribution in [2.75, 3.05) is 11.4 Å². The normalized spacial score (nSPS) is 16.3. The van der Waals surface area contributed by atoms with Crippen LogP contribution in [0.1, 0.15) is 24.1 Å². The van der Waals surface area contributed by atoms with Crippen LogP contribution in [0.15, 0.2) is 18.2 Å². The van der Waals surface area contributed by atoms with Crippen molar-refractivity contribution in [3.05, 3.63) is 29.3 Å². The Morgan fingerprint density at radius 1 is 1.60 bits per heavy atom. The van der Waals surface area contributed by atoms with Crippen molar-refractivity contribution < 1.29 is 9.90 Å². The summed E-state index contributed by atoms with van der Waals surface area (Å²) < 4.78 is 0. The first-order chi connectivity index (χ1) is 7.09. The molecule has 2 rings (SSSR count). The Bertz CT molecular complexity index is 402. The van der Waals surface area contributed by atoms with Gasteiger partial charge in [-0.25, -0.2) is 4.79 Å². The molecule has 1 aromatic rings. The summed E-state index contributed by atoms with van der Waals surface area (Å²) in [5.41, 5.74) is 8.70. The maximum Gasteiger partial charge on any atom is 0.411 e. The third-order valence-corrected chi connectivity index (χ3v) is 2.76. The molecule has 0 aliphatic carbocycles. The Morgan fingerprint density at radius 3 is 2.93 bits per heavy atom. The van der Waals surface area contributed by atoms with Crippen LogP contribution < -0.4 is 10.6 Å². The van der Waals surface area contributed by atoms with Gasteiger partial charge in [0, 0.05) is 12.6 Å². The van der Waals surface area contributed by atoms with Crippen molar-refractivity contribution in [2.45, 2.75) is 19.4 Å². The van der Waals surface area contributed by atoms with Gasteiger partial charge in [0.25, 0.3) is 0 Å². The van der Waals surface area contributed by atoms with Crippen LogP contribution in [0.3, 0.4) is 0 Å². The highest BCUT2D eigenvalue weighted by atomic mass is 16.4. The second kappa shape index (κ2) is 3.55. The van der Waals surface area contributed by atoms with E-state index in [4.69, 9.17) is 10.8 Å². The maximum absolute atomic E-state index is 10.9. The number of carbonyl (C=O) groups is 1. The Morgan fingerprint density at radius 2 is 2.33 bits per heavy atom. The largest absolute Gasteiger partial charge is 0.465 e. The number of nitrogens with zero attached hydrogens (tertiary/aromatic N) is 1. The van der Waals surface area contributed by atoms with E-state index in [2.05, 4.69) is 0 Å². The zero-order chi connectivity index (χ0) is 11.0. The van der Waals surface area contributed by atoms with Gasteiger partial charge in [-0.2, -0.15) is 0 Å². The second-order valence-electron chi connectivity index (χ2n) is 3.86. The zero-order valence-corrected chi connectivity index (χ0v) is 8.60. The second-order valence-corrected chi connectivity index (χ2v) is 3.86. The Labute approximate surface area is 88.3 Å². The number of nitrogens with two attached hydrogens (primary N) is 1. The maximum atomic E-state index is 10.9. The number of carboxylic acid groups (broad SMARTS) is 1. The lowest BCUT2D eigenvalue weighted by atomic mass is 10.0. The molecule has 0 fully saturated rings. The summed E-state index contributed by atoms with van der Waals surface area (Å²) in [7, 11) is 0. The minimum absolute atomic E-state index is 0.00539. The number of benzene rings is 1. The summed E-state index contributed by atoms with van der Waals surface area (Å²) in [5.74, 6) is 0. The van der Waals surface area contributed by atoms with Crippen LogP contribution >= 0.6 is 0 Å². The topological polar surface area (TPSA) is 66.6 Å². The molecular weight excluding hydrogens is 192 g/mol. The minimum atomic E-state index is -0.887. The van der Waals surface area contributed by atoms with E-state index in [-0.39, 0.29) is 6.04 Å². The molecule has 1 aliphatic heterocycles. The average molecular weight is 206 g/mol. The quantitative estimate of drug-likeness (QED) is 0.735. The molecule has 15 heavy (non-hydrogen) atoms. The summed E-state index contributed by atoms with van der Waals surface area (Å²) in [6.45, 7) is 2.47. The lowest BCUT2D eigenvalue weighted by molar-refractivity contribution is 0.202. The highest BCUT2D eigenvalue weighted by Gasteiger charge is 2.24. The number of hydrogen-bond donors (Lipinski definition) is 2. The Kier molecular flexibility index (Phi) is 2.36. The predicted octanol–water partition coefficient (Wildman–Crippen LogP) is 1.75. The molecule has 1 heterocycles. The van der Waals surface area contributed by atoms with Crippen LogP contribution in [-0.4, -0.2) is 17.7 Å². The third kappa shape index (κ3) is 1.68. The molecule has 0 spiro atoms. The van der Waals surface area contributed by atoms with Crippen molar-refractivity contribution in [1.29, 1.82) is 0 Å². The fourth-order valence-corrected chi connectivity index (χ4v) is 1.90. The monoisotopic (exact) mass is 206 g/mol. The molecule has 1 aliphatic rings. The molecule has 0 saturated heterocycles. The van der Waals surface area contributed by atoms with Crippen molar-refractivity contribution in [3.8, 4) is 0 Å². The molecule has 4 nitrogen and oxygen atoms in total. The molecule has 80 valence electrons. The van der Waals surface area contributed by atoms with Gasteiger partial charge in [0.15, 0.2) is 0 Å². The van der Waals surface area contributed by atoms with E-state index in [1.54, 1.807) is 0 Å². The van der Waals surface area contributed by atoms with Crippen LogP contribution in [0.4, 0.5) is 10.5 Å². The SMILES string of the molecule is C[C@@H](N)c1ccc2c(c1)CCN2C(=O)O. The number of fused-ring (bicyclic) bond motifs is 1. The van der Waals surface area contributed by atoms with Crippen LogP contribution in [-0.2, 0) is 6.42 Å². The number of rotatable bonds is 1. The van der Waals surface area contributed by atoms with Crippen molar-refractivity contribution in [3.63, 3.8) is 0 Å². The number of hydrogen-bond acceptors (Lipinski definition) is 2. The molecule has 1 amide bonds. The first-order valence-corrected chi connectivity index (χ1v) is 4.98. The summed E-state index contributed by atoms with van der Waals surface area (Å²) in [6.07, 6.45) is -0.107. The lowest BCUT2D eigenvalue weighted by Gasteiger charge is -2.13. The van der Waals surface area contributed by atoms with Crippen LogP contribution in [0, 0.1) is 0 Å². The van der Waals surface area contributed by atoms with E-state index in [1.807, 2.05) is 25.1 Å². The van der Waals surface area contributed by atoms with E-state index >= 15 is 0 Å². The van der Waals surface area contributed by atoms with Crippen molar-refractivity contribution in [1.82, 2.24) is 0 Å². The van der Waals surface area contributed by atoms with Gasteiger partial charge in [-0.3, -0.25) is 4.90 Å². The molecule has 0 aromatic heterocycles. The van der Waals surface area contributed by atoms with E-state index in [1.165, 1.54) is 4.90 Å². The van der Waals surface area contributed by atoms with Gasteiger partial charge in [-0.15, -0.1) is 0 Å². The van der Waals surface area contributed by atoms with Crippen molar-refractivity contribution >= 4 is 11.8 Å². The van der Waals surface area contributed by atoms with Gasteiger partial charge in [0.2, 0.25) is 0 Å². The highest BCUT2D eigenvalue weighted by molar-refractivity contribution is 5.88. The van der Waals surface area contributed by atoms with Gasteiger partial charge < -0.3 is 10.8 Å². The standard InChI is InChI=1S/C11H14N2O2/c1-7(12)8-2-3-10-9(6-8)4-5-13(10)11(14)15/h2-3,6-7H,4-5,12H2,1H3,(H,14,15)/t7-/m1/s1. The van der Waals surface area contributed by atoms with Crippen LogP contribution in [0.5, 0.6) is 0 Å². The molecule has 3 N–H and O–H groups in total. The molecule has 1 aromatic carbocycles. The number of anilines is 1. The Balaban J connectivity index is 2.37. The van der Waals surface area contributed by atoms with E-state index in [9.17, 15) is 4.79 Å². The zero-order valence-electron chi connectivity index (χ0n) is 8.60. The van der Waals surface area contributed by atoms with E-state index in [0.29, 0.717) is 6.54 Å². The molecule has 0 bridgehead atoms. The van der Waals surface area contributed by atoms with Gasteiger partial charge in [-0.05, 0) is 30.5 Å².